The number of aromatic nitrogens is 1. The van der Waals surface area contributed by atoms with E-state index in [-0.39, 0.29) is 5.78 Å². The highest BCUT2D eigenvalue weighted by molar-refractivity contribution is 6.04. The van der Waals surface area contributed by atoms with Crippen molar-refractivity contribution in [2.45, 2.75) is 12.5 Å². The molecule has 5 nitrogen and oxygen atoms in total. The molecular formula is C20H18N2O3. The minimum Gasteiger partial charge on any atom is -0.480 e. The van der Waals surface area contributed by atoms with Crippen LogP contribution in [0.3, 0.4) is 0 Å². The van der Waals surface area contributed by atoms with E-state index in [4.69, 9.17) is 0 Å². The number of benzene rings is 2. The fourth-order valence-electron chi connectivity index (χ4n) is 2.68. The second-order valence-electron chi connectivity index (χ2n) is 5.68. The second-order valence-corrected chi connectivity index (χ2v) is 5.68. The molecule has 0 aliphatic heterocycles. The Morgan fingerprint density at radius 1 is 1.08 bits per heavy atom. The number of rotatable bonds is 7. The number of hydrogen-bond donors (Lipinski definition) is 3. The van der Waals surface area contributed by atoms with Crippen molar-refractivity contribution in [2.75, 3.05) is 0 Å². The van der Waals surface area contributed by atoms with Crippen LogP contribution >= 0.6 is 0 Å². The highest BCUT2D eigenvalue weighted by atomic mass is 16.4. The predicted octanol–water partition coefficient (Wildman–Crippen LogP) is 3.15. The van der Waals surface area contributed by atoms with Gasteiger partial charge in [0.05, 0.1) is 0 Å². The Bertz CT molecular complexity index is 913. The van der Waals surface area contributed by atoms with Gasteiger partial charge < -0.3 is 15.4 Å². The van der Waals surface area contributed by atoms with Crippen LogP contribution in [0, 0.1) is 0 Å². The molecule has 25 heavy (non-hydrogen) atoms. The van der Waals surface area contributed by atoms with Gasteiger partial charge in [0.2, 0.25) is 0 Å². The van der Waals surface area contributed by atoms with Crippen molar-refractivity contribution in [3.8, 4) is 0 Å². The van der Waals surface area contributed by atoms with Crippen molar-refractivity contribution in [3.63, 3.8) is 0 Å². The first-order valence-corrected chi connectivity index (χ1v) is 7.95. The number of ketones is 1. The Hall–Kier alpha value is -3.34. The minimum atomic E-state index is -0.970. The summed E-state index contributed by atoms with van der Waals surface area (Å²) in [4.78, 5) is 26.7. The van der Waals surface area contributed by atoms with Crippen LogP contribution in [0.1, 0.15) is 15.9 Å². The monoisotopic (exact) mass is 334 g/mol. The van der Waals surface area contributed by atoms with E-state index >= 15 is 0 Å². The molecule has 0 aliphatic rings. The number of H-pyrrole nitrogens is 1. The largest absolute Gasteiger partial charge is 0.480 e. The highest BCUT2D eigenvalue weighted by Crippen LogP contribution is 2.19. The summed E-state index contributed by atoms with van der Waals surface area (Å²) in [5, 5.41) is 13.2. The van der Waals surface area contributed by atoms with Crippen LogP contribution in [0.15, 0.2) is 73.1 Å². The second kappa shape index (κ2) is 7.49. The predicted molar refractivity (Wildman–Crippen MR) is 96.5 cm³/mol. The van der Waals surface area contributed by atoms with Crippen molar-refractivity contribution < 1.29 is 14.7 Å². The van der Waals surface area contributed by atoms with Crippen LogP contribution in [-0.4, -0.2) is 27.9 Å². The molecule has 0 spiro atoms. The van der Waals surface area contributed by atoms with E-state index in [1.807, 2.05) is 36.5 Å². The molecule has 2 aromatic carbocycles. The number of para-hydroxylation sites is 1. The lowest BCUT2D eigenvalue weighted by Crippen LogP contribution is -2.35. The molecule has 0 saturated carbocycles. The molecule has 0 saturated heterocycles. The quantitative estimate of drug-likeness (QED) is 0.458. The van der Waals surface area contributed by atoms with Gasteiger partial charge in [0.15, 0.2) is 5.78 Å². The number of aromatic amines is 1. The first kappa shape index (κ1) is 16.5. The first-order chi connectivity index (χ1) is 12.1. The molecule has 3 N–H and O–H groups in total. The lowest BCUT2D eigenvalue weighted by molar-refractivity contribution is -0.139. The number of carboxylic acids is 1. The molecule has 1 atom stereocenters. The molecule has 0 fully saturated rings. The molecule has 3 aromatic rings. The number of nitrogens with one attached hydrogen (secondary N) is 2. The molecule has 1 heterocycles. The van der Waals surface area contributed by atoms with Gasteiger partial charge in [-0.3, -0.25) is 4.79 Å². The van der Waals surface area contributed by atoms with Crippen LogP contribution in [0.5, 0.6) is 0 Å². The number of carbonyl (C=O) groups excluding carboxylic acids is 1. The van der Waals surface area contributed by atoms with E-state index in [1.54, 1.807) is 24.3 Å². The van der Waals surface area contributed by atoms with Crippen LogP contribution in [0.2, 0.25) is 0 Å². The number of carbonyl (C=O) groups is 2. The third-order valence-electron chi connectivity index (χ3n) is 3.99. The van der Waals surface area contributed by atoms with Gasteiger partial charge in [-0.1, -0.05) is 48.5 Å². The highest BCUT2D eigenvalue weighted by Gasteiger charge is 2.18. The average Bonchev–Trinajstić information content (AvgIpc) is 3.04. The summed E-state index contributed by atoms with van der Waals surface area (Å²) in [6.45, 7) is 0. The lowest BCUT2D eigenvalue weighted by Gasteiger charge is -2.12. The lowest BCUT2D eigenvalue weighted by atomic mass is 10.1. The molecule has 0 bridgehead atoms. The summed E-state index contributed by atoms with van der Waals surface area (Å²) in [6.07, 6.45) is 4.88. The van der Waals surface area contributed by atoms with Crippen molar-refractivity contribution in [3.05, 3.63) is 84.2 Å². The summed E-state index contributed by atoms with van der Waals surface area (Å²) in [5.41, 5.74) is 2.44. The van der Waals surface area contributed by atoms with Gasteiger partial charge in [0, 0.05) is 41.4 Å². The fraction of sp³-hybridized carbons (Fsp3) is 0.100. The Labute approximate surface area is 145 Å². The molecule has 0 amide bonds. The molecule has 0 aliphatic carbocycles. The fourth-order valence-corrected chi connectivity index (χ4v) is 2.68. The Kier molecular flexibility index (Phi) is 4.95. The van der Waals surface area contributed by atoms with E-state index < -0.39 is 12.0 Å². The van der Waals surface area contributed by atoms with Gasteiger partial charge in [0.1, 0.15) is 6.04 Å². The number of fused-ring (bicyclic) bond motifs is 1. The van der Waals surface area contributed by atoms with Gasteiger partial charge in [-0.05, 0) is 11.6 Å². The van der Waals surface area contributed by atoms with Crippen LogP contribution in [-0.2, 0) is 11.2 Å². The average molecular weight is 334 g/mol. The van der Waals surface area contributed by atoms with E-state index in [0.717, 1.165) is 16.5 Å². The number of allylic oxidation sites excluding steroid dienone is 1. The Morgan fingerprint density at radius 3 is 2.56 bits per heavy atom. The summed E-state index contributed by atoms with van der Waals surface area (Å²) >= 11 is 0. The maximum atomic E-state index is 12.0. The van der Waals surface area contributed by atoms with Crippen molar-refractivity contribution in [2.24, 2.45) is 0 Å². The number of aliphatic carboxylic acids is 1. The third-order valence-corrected chi connectivity index (χ3v) is 3.99. The SMILES string of the molecule is O=C(C=CNC(Cc1c[nH]c2ccccc12)C(=O)O)c1ccccc1. The standard InChI is InChI=1S/C20H18N2O3/c23-19(14-6-2-1-3-7-14)10-11-21-18(20(24)25)12-15-13-22-17-9-5-4-8-16(15)17/h1-11,13,18,21-22H,12H2,(H,24,25). The minimum absolute atomic E-state index is 0.177. The number of carboxylic acid groups (broad SMARTS) is 1. The van der Waals surface area contributed by atoms with Crippen LogP contribution in [0.25, 0.3) is 10.9 Å². The van der Waals surface area contributed by atoms with Crippen molar-refractivity contribution in [1.29, 1.82) is 0 Å². The van der Waals surface area contributed by atoms with Gasteiger partial charge in [-0.25, -0.2) is 4.79 Å². The Morgan fingerprint density at radius 2 is 1.80 bits per heavy atom. The maximum Gasteiger partial charge on any atom is 0.326 e. The van der Waals surface area contributed by atoms with E-state index in [0.29, 0.717) is 12.0 Å². The third kappa shape index (κ3) is 3.95. The molecular weight excluding hydrogens is 316 g/mol. The van der Waals surface area contributed by atoms with Gasteiger partial charge in [-0.15, -0.1) is 0 Å². The molecule has 0 radical (unpaired) electrons. The van der Waals surface area contributed by atoms with Crippen molar-refractivity contribution in [1.82, 2.24) is 10.3 Å². The van der Waals surface area contributed by atoms with Gasteiger partial charge in [-0.2, -0.15) is 0 Å². The molecule has 1 unspecified atom stereocenters. The van der Waals surface area contributed by atoms with Crippen LogP contribution in [0.4, 0.5) is 0 Å². The summed E-state index contributed by atoms with van der Waals surface area (Å²) in [6, 6.07) is 15.8. The maximum absolute atomic E-state index is 12.0. The van der Waals surface area contributed by atoms with E-state index in [2.05, 4.69) is 10.3 Å². The molecule has 1 aromatic heterocycles. The zero-order valence-corrected chi connectivity index (χ0v) is 13.5. The van der Waals surface area contributed by atoms with Gasteiger partial charge >= 0.3 is 5.97 Å². The van der Waals surface area contributed by atoms with Crippen molar-refractivity contribution >= 4 is 22.7 Å². The van der Waals surface area contributed by atoms with E-state index in [1.165, 1.54) is 12.3 Å². The molecule has 3 rings (SSSR count). The molecule has 126 valence electrons. The van der Waals surface area contributed by atoms with Gasteiger partial charge in [0.25, 0.3) is 0 Å². The normalized spacial score (nSPS) is 12.3. The smallest absolute Gasteiger partial charge is 0.326 e. The summed E-state index contributed by atoms with van der Waals surface area (Å²) in [7, 11) is 0. The Balaban J connectivity index is 1.69. The first-order valence-electron chi connectivity index (χ1n) is 7.95. The molecule has 5 heteroatoms. The topological polar surface area (TPSA) is 82.2 Å². The number of hydrogen-bond acceptors (Lipinski definition) is 3. The summed E-state index contributed by atoms with van der Waals surface area (Å²) in [5.74, 6) is -1.15. The zero-order valence-electron chi connectivity index (χ0n) is 13.5. The van der Waals surface area contributed by atoms with E-state index in [9.17, 15) is 14.7 Å². The summed E-state index contributed by atoms with van der Waals surface area (Å²) < 4.78 is 0. The van der Waals surface area contributed by atoms with Crippen LogP contribution < -0.4 is 5.32 Å². The zero-order chi connectivity index (χ0) is 17.6.